The van der Waals surface area contributed by atoms with Gasteiger partial charge in [0.25, 0.3) is 0 Å². The number of nitrogens with one attached hydrogen (secondary N) is 1. The zero-order chi connectivity index (χ0) is 14.4. The molecule has 0 amide bonds. The van der Waals surface area contributed by atoms with Crippen molar-refractivity contribution >= 4 is 0 Å². The van der Waals surface area contributed by atoms with Crippen LogP contribution in [-0.2, 0) is 6.54 Å². The summed E-state index contributed by atoms with van der Waals surface area (Å²) in [6.45, 7) is 7.19. The topological polar surface area (TPSA) is 28.4 Å². The lowest BCUT2D eigenvalue weighted by Gasteiger charge is -2.18. The highest BCUT2D eigenvalue weighted by Gasteiger charge is 2.07. The summed E-state index contributed by atoms with van der Waals surface area (Å²) in [6.07, 6.45) is 1.72. The van der Waals surface area contributed by atoms with Gasteiger partial charge >= 0.3 is 0 Å². The van der Waals surface area contributed by atoms with Crippen LogP contribution in [0.4, 0.5) is 0 Å². The fraction of sp³-hybridized carbons (Fsp3) is 0.412. The quantitative estimate of drug-likeness (QED) is 0.837. The maximum Gasteiger partial charge on any atom is 0.120 e. The Morgan fingerprint density at radius 1 is 1.20 bits per heavy atom. The Kier molecular flexibility index (Phi) is 5.39. The van der Waals surface area contributed by atoms with Crippen LogP contribution in [0.15, 0.2) is 47.1 Å². The van der Waals surface area contributed by atoms with Crippen LogP contribution >= 0.6 is 0 Å². The molecule has 3 heteroatoms. The minimum Gasteiger partial charge on any atom is -0.468 e. The summed E-state index contributed by atoms with van der Waals surface area (Å²) in [4.78, 5) is 2.33. The van der Waals surface area contributed by atoms with E-state index in [4.69, 9.17) is 4.42 Å². The van der Waals surface area contributed by atoms with Crippen molar-refractivity contribution in [2.75, 3.05) is 20.1 Å². The molecule has 0 fully saturated rings. The summed E-state index contributed by atoms with van der Waals surface area (Å²) in [5, 5.41) is 3.48. The third-order valence-corrected chi connectivity index (χ3v) is 3.49. The summed E-state index contributed by atoms with van der Waals surface area (Å²) < 4.78 is 5.38. The molecule has 0 aliphatic rings. The maximum absolute atomic E-state index is 5.38. The van der Waals surface area contributed by atoms with Crippen molar-refractivity contribution in [2.45, 2.75) is 26.4 Å². The van der Waals surface area contributed by atoms with Crippen LogP contribution in [0.2, 0.25) is 0 Å². The number of benzene rings is 1. The van der Waals surface area contributed by atoms with Crippen molar-refractivity contribution in [1.82, 2.24) is 10.2 Å². The van der Waals surface area contributed by atoms with E-state index in [2.05, 4.69) is 55.4 Å². The fourth-order valence-corrected chi connectivity index (χ4v) is 2.19. The first-order valence-corrected chi connectivity index (χ1v) is 7.16. The van der Waals surface area contributed by atoms with E-state index in [-0.39, 0.29) is 6.04 Å². The van der Waals surface area contributed by atoms with Crippen LogP contribution in [0.5, 0.6) is 0 Å². The summed E-state index contributed by atoms with van der Waals surface area (Å²) in [7, 11) is 2.15. The van der Waals surface area contributed by atoms with Crippen molar-refractivity contribution in [3.8, 4) is 0 Å². The Morgan fingerprint density at radius 2 is 1.95 bits per heavy atom. The molecule has 108 valence electrons. The lowest BCUT2D eigenvalue weighted by atomic mass is 10.1. The van der Waals surface area contributed by atoms with Crippen molar-refractivity contribution < 1.29 is 4.42 Å². The molecule has 0 spiro atoms. The highest BCUT2D eigenvalue weighted by Crippen LogP contribution is 2.11. The molecule has 0 bridgehead atoms. The van der Waals surface area contributed by atoms with Gasteiger partial charge in [-0.05, 0) is 38.6 Å². The number of furan rings is 1. The Hall–Kier alpha value is -1.58. The van der Waals surface area contributed by atoms with Gasteiger partial charge in [-0.2, -0.15) is 0 Å². The number of nitrogens with zero attached hydrogens (tertiary/aromatic N) is 1. The molecule has 0 aliphatic carbocycles. The Morgan fingerprint density at radius 3 is 2.60 bits per heavy atom. The monoisotopic (exact) mass is 272 g/mol. The van der Waals surface area contributed by atoms with Crippen LogP contribution < -0.4 is 5.32 Å². The standard InChI is InChI=1S/C17H24N2O/c1-14-6-8-16(9-7-14)13-19(3)11-10-18-15(2)17-5-4-12-20-17/h4-9,12,15,18H,10-11,13H2,1-3H3. The van der Waals surface area contributed by atoms with E-state index in [1.165, 1.54) is 11.1 Å². The summed E-state index contributed by atoms with van der Waals surface area (Å²) in [5.41, 5.74) is 2.67. The van der Waals surface area contributed by atoms with E-state index in [1.807, 2.05) is 12.1 Å². The molecular weight excluding hydrogens is 248 g/mol. The Balaban J connectivity index is 1.70. The first-order chi connectivity index (χ1) is 9.65. The fourth-order valence-electron chi connectivity index (χ4n) is 2.19. The van der Waals surface area contributed by atoms with E-state index < -0.39 is 0 Å². The van der Waals surface area contributed by atoms with Gasteiger partial charge in [-0.15, -0.1) is 0 Å². The minimum atomic E-state index is 0.262. The number of hydrogen-bond donors (Lipinski definition) is 1. The lowest BCUT2D eigenvalue weighted by molar-refractivity contribution is 0.313. The third kappa shape index (κ3) is 4.51. The Labute approximate surface area is 121 Å². The maximum atomic E-state index is 5.38. The van der Waals surface area contributed by atoms with Gasteiger partial charge in [0, 0.05) is 19.6 Å². The van der Waals surface area contributed by atoms with Crippen molar-refractivity contribution in [2.24, 2.45) is 0 Å². The van der Waals surface area contributed by atoms with Crippen LogP contribution in [0.1, 0.15) is 29.9 Å². The number of aryl methyl sites for hydroxylation is 1. The van der Waals surface area contributed by atoms with E-state index >= 15 is 0 Å². The molecular formula is C17H24N2O. The molecule has 0 radical (unpaired) electrons. The molecule has 1 unspecified atom stereocenters. The highest BCUT2D eigenvalue weighted by atomic mass is 16.3. The molecule has 3 nitrogen and oxygen atoms in total. The SMILES string of the molecule is Cc1ccc(CN(C)CCNC(C)c2ccco2)cc1. The summed E-state index contributed by atoms with van der Waals surface area (Å²) in [5.74, 6) is 0.992. The summed E-state index contributed by atoms with van der Waals surface area (Å²) in [6, 6.07) is 12.9. The molecule has 1 aromatic carbocycles. The summed E-state index contributed by atoms with van der Waals surface area (Å²) >= 11 is 0. The van der Waals surface area contributed by atoms with Crippen LogP contribution in [0.3, 0.4) is 0 Å². The molecule has 20 heavy (non-hydrogen) atoms. The van der Waals surface area contributed by atoms with Gasteiger partial charge in [0.05, 0.1) is 12.3 Å². The normalized spacial score (nSPS) is 12.8. The largest absolute Gasteiger partial charge is 0.468 e. The second-order valence-electron chi connectivity index (χ2n) is 5.41. The zero-order valence-electron chi connectivity index (χ0n) is 12.6. The van der Waals surface area contributed by atoms with E-state index in [0.29, 0.717) is 0 Å². The molecule has 2 aromatic rings. The van der Waals surface area contributed by atoms with E-state index in [1.54, 1.807) is 6.26 Å². The number of likely N-dealkylation sites (N-methyl/N-ethyl adjacent to an activating group) is 1. The van der Waals surface area contributed by atoms with E-state index in [9.17, 15) is 0 Å². The third-order valence-electron chi connectivity index (χ3n) is 3.49. The van der Waals surface area contributed by atoms with Gasteiger partial charge in [-0.3, -0.25) is 0 Å². The molecule has 0 saturated heterocycles. The molecule has 1 aromatic heterocycles. The van der Waals surface area contributed by atoms with Crippen molar-refractivity contribution in [3.63, 3.8) is 0 Å². The Bertz CT molecular complexity index is 490. The molecule has 2 rings (SSSR count). The van der Waals surface area contributed by atoms with Crippen LogP contribution in [0.25, 0.3) is 0 Å². The zero-order valence-corrected chi connectivity index (χ0v) is 12.6. The molecule has 1 atom stereocenters. The van der Waals surface area contributed by atoms with E-state index in [0.717, 1.165) is 25.4 Å². The lowest BCUT2D eigenvalue weighted by Crippen LogP contribution is -2.30. The molecule has 0 saturated carbocycles. The minimum absolute atomic E-state index is 0.262. The van der Waals surface area contributed by atoms with Crippen molar-refractivity contribution in [1.29, 1.82) is 0 Å². The molecule has 0 aliphatic heterocycles. The molecule has 1 heterocycles. The first kappa shape index (κ1) is 14.8. The molecule has 1 N–H and O–H groups in total. The van der Waals surface area contributed by atoms with Crippen molar-refractivity contribution in [3.05, 3.63) is 59.5 Å². The second kappa shape index (κ2) is 7.27. The average molecular weight is 272 g/mol. The van der Waals surface area contributed by atoms with Gasteiger partial charge in [0.15, 0.2) is 0 Å². The second-order valence-corrected chi connectivity index (χ2v) is 5.41. The van der Waals surface area contributed by atoms with Gasteiger partial charge in [-0.1, -0.05) is 29.8 Å². The van der Waals surface area contributed by atoms with Gasteiger partial charge in [-0.25, -0.2) is 0 Å². The average Bonchev–Trinajstić information content (AvgIpc) is 2.95. The van der Waals surface area contributed by atoms with Crippen LogP contribution in [0, 0.1) is 6.92 Å². The number of hydrogen-bond acceptors (Lipinski definition) is 3. The smallest absolute Gasteiger partial charge is 0.120 e. The van der Waals surface area contributed by atoms with Gasteiger partial charge in [0.2, 0.25) is 0 Å². The van der Waals surface area contributed by atoms with Gasteiger partial charge in [0.1, 0.15) is 5.76 Å². The van der Waals surface area contributed by atoms with Gasteiger partial charge < -0.3 is 14.6 Å². The first-order valence-electron chi connectivity index (χ1n) is 7.16. The number of rotatable bonds is 7. The highest BCUT2D eigenvalue weighted by molar-refractivity contribution is 5.21. The predicted molar refractivity (Wildman–Crippen MR) is 82.6 cm³/mol. The van der Waals surface area contributed by atoms with Crippen LogP contribution in [-0.4, -0.2) is 25.0 Å². The predicted octanol–water partition coefficient (Wildman–Crippen LogP) is 3.37.